The molecule has 1 aliphatic rings. The summed E-state index contributed by atoms with van der Waals surface area (Å²) in [6.45, 7) is 8.34. The smallest absolute Gasteiger partial charge is 0.118 e. The Hall–Kier alpha value is -2.53. The first kappa shape index (κ1) is 25.6. The first-order valence-corrected chi connectivity index (χ1v) is 12.9. The standard InChI is InChI=1S/C30H37N3O.ClH/c1-34-26-16-14-25(15-17-26)9-8-19-32-23-21-31(22-24-32)18-6-7-20-33-29-12-4-2-10-27(29)28-11-3-5-13-30(28)33;/h2-5,10-17H,6-9,18-24H2,1H3;1H. The summed E-state index contributed by atoms with van der Waals surface area (Å²) in [5.74, 6) is 0.940. The van der Waals surface area contributed by atoms with Gasteiger partial charge in [-0.1, -0.05) is 48.5 Å². The number of nitrogens with zero attached hydrogens (tertiary/aromatic N) is 3. The van der Waals surface area contributed by atoms with E-state index in [1.807, 2.05) is 0 Å². The Bertz CT molecular complexity index is 1140. The van der Waals surface area contributed by atoms with Crippen molar-refractivity contribution >= 4 is 34.2 Å². The fourth-order valence-electron chi connectivity index (χ4n) is 5.39. The van der Waals surface area contributed by atoms with Crippen LogP contribution in [0, 0.1) is 0 Å². The summed E-state index contributed by atoms with van der Waals surface area (Å²) in [7, 11) is 1.72. The molecule has 0 bridgehead atoms. The molecule has 2 heterocycles. The average Bonchev–Trinajstić information content (AvgIpc) is 3.22. The predicted molar refractivity (Wildman–Crippen MR) is 150 cm³/mol. The van der Waals surface area contributed by atoms with Crippen LogP contribution in [0.3, 0.4) is 0 Å². The minimum atomic E-state index is 0. The zero-order valence-corrected chi connectivity index (χ0v) is 21.7. The Balaban J connectivity index is 0.00000289. The number of aryl methyl sites for hydroxylation is 2. The van der Waals surface area contributed by atoms with Gasteiger partial charge in [-0.2, -0.15) is 0 Å². The molecule has 0 saturated carbocycles. The summed E-state index contributed by atoms with van der Waals surface area (Å²) in [5, 5.41) is 2.75. The second-order valence-corrected chi connectivity index (χ2v) is 9.53. The molecule has 0 N–H and O–H groups in total. The van der Waals surface area contributed by atoms with Crippen LogP contribution in [0.4, 0.5) is 0 Å². The van der Waals surface area contributed by atoms with Gasteiger partial charge < -0.3 is 19.1 Å². The van der Waals surface area contributed by atoms with Gasteiger partial charge in [-0.25, -0.2) is 0 Å². The Morgan fingerprint density at radius 1 is 0.629 bits per heavy atom. The van der Waals surface area contributed by atoms with Crippen LogP contribution in [-0.2, 0) is 13.0 Å². The Labute approximate surface area is 215 Å². The van der Waals surface area contributed by atoms with Gasteiger partial charge in [0.05, 0.1) is 7.11 Å². The van der Waals surface area contributed by atoms with Crippen LogP contribution in [-0.4, -0.2) is 60.7 Å². The third-order valence-corrected chi connectivity index (χ3v) is 7.35. The molecule has 1 aromatic heterocycles. The van der Waals surface area contributed by atoms with Crippen molar-refractivity contribution in [2.75, 3.05) is 46.4 Å². The molecule has 1 fully saturated rings. The van der Waals surface area contributed by atoms with E-state index in [1.54, 1.807) is 7.11 Å². The number of piperazine rings is 1. The predicted octanol–water partition coefficient (Wildman–Crippen LogP) is 6.26. The van der Waals surface area contributed by atoms with Crippen LogP contribution in [0.25, 0.3) is 21.8 Å². The Morgan fingerprint density at radius 3 is 1.71 bits per heavy atom. The highest BCUT2D eigenvalue weighted by Gasteiger charge is 2.16. The highest BCUT2D eigenvalue weighted by molar-refractivity contribution is 6.07. The molecule has 1 saturated heterocycles. The summed E-state index contributed by atoms with van der Waals surface area (Å²) in [4.78, 5) is 5.30. The van der Waals surface area contributed by atoms with E-state index in [2.05, 4.69) is 87.2 Å². The lowest BCUT2D eigenvalue weighted by Gasteiger charge is -2.34. The molecule has 35 heavy (non-hydrogen) atoms. The lowest BCUT2D eigenvalue weighted by Crippen LogP contribution is -2.46. The molecule has 0 amide bonds. The summed E-state index contributed by atoms with van der Waals surface area (Å²) in [6.07, 6.45) is 4.86. The second kappa shape index (κ2) is 12.4. The molecule has 186 valence electrons. The fourth-order valence-corrected chi connectivity index (χ4v) is 5.39. The number of halogens is 1. The van der Waals surface area contributed by atoms with Crippen LogP contribution in [0.5, 0.6) is 5.75 Å². The van der Waals surface area contributed by atoms with Gasteiger partial charge in [0.2, 0.25) is 0 Å². The van der Waals surface area contributed by atoms with Crippen LogP contribution >= 0.6 is 12.4 Å². The van der Waals surface area contributed by atoms with Crippen molar-refractivity contribution < 1.29 is 4.74 Å². The maximum atomic E-state index is 5.25. The molecule has 0 radical (unpaired) electrons. The van der Waals surface area contributed by atoms with Gasteiger partial charge in [-0.05, 0) is 68.6 Å². The quantitative estimate of drug-likeness (QED) is 0.244. The molecule has 0 spiro atoms. The molecule has 0 atom stereocenters. The van der Waals surface area contributed by atoms with Crippen LogP contribution in [0.1, 0.15) is 24.8 Å². The van der Waals surface area contributed by atoms with Crippen molar-refractivity contribution in [1.29, 1.82) is 0 Å². The molecular formula is C30H38ClN3O. The number of methoxy groups -OCH3 is 1. The molecule has 5 heteroatoms. The van der Waals surface area contributed by atoms with Crippen molar-refractivity contribution in [2.24, 2.45) is 0 Å². The normalized spacial score (nSPS) is 14.9. The number of rotatable bonds is 10. The van der Waals surface area contributed by atoms with Gasteiger partial charge in [0.25, 0.3) is 0 Å². The number of unbranched alkanes of at least 4 members (excludes halogenated alkanes) is 1. The van der Waals surface area contributed by atoms with Gasteiger partial charge in [0, 0.05) is 54.5 Å². The first-order valence-electron chi connectivity index (χ1n) is 12.9. The van der Waals surface area contributed by atoms with E-state index in [1.165, 1.54) is 85.9 Å². The van der Waals surface area contributed by atoms with Crippen molar-refractivity contribution in [3.63, 3.8) is 0 Å². The maximum absolute atomic E-state index is 5.25. The second-order valence-electron chi connectivity index (χ2n) is 9.53. The SMILES string of the molecule is COc1ccc(CCCN2CCN(CCCCn3c4ccccc4c4ccccc43)CC2)cc1.Cl. The topological polar surface area (TPSA) is 20.6 Å². The van der Waals surface area contributed by atoms with Gasteiger partial charge in [-0.3, -0.25) is 0 Å². The lowest BCUT2D eigenvalue weighted by molar-refractivity contribution is 0.129. The minimum absolute atomic E-state index is 0. The van der Waals surface area contributed by atoms with Gasteiger partial charge in [-0.15, -0.1) is 12.4 Å². The third kappa shape index (κ3) is 6.19. The number of fused-ring (bicyclic) bond motifs is 3. The zero-order valence-electron chi connectivity index (χ0n) is 20.9. The fraction of sp³-hybridized carbons (Fsp3) is 0.400. The van der Waals surface area contributed by atoms with E-state index in [9.17, 15) is 0 Å². The number of para-hydroxylation sites is 2. The summed E-state index contributed by atoms with van der Waals surface area (Å²) >= 11 is 0. The molecule has 4 aromatic rings. The van der Waals surface area contributed by atoms with Crippen LogP contribution in [0.2, 0.25) is 0 Å². The molecule has 3 aromatic carbocycles. The van der Waals surface area contributed by atoms with Crippen molar-refractivity contribution in [2.45, 2.75) is 32.2 Å². The number of benzene rings is 3. The number of ether oxygens (including phenoxy) is 1. The van der Waals surface area contributed by atoms with Crippen molar-refractivity contribution in [3.05, 3.63) is 78.4 Å². The monoisotopic (exact) mass is 491 g/mol. The number of aromatic nitrogens is 1. The van der Waals surface area contributed by atoms with Crippen LogP contribution in [0.15, 0.2) is 72.8 Å². The highest BCUT2D eigenvalue weighted by Crippen LogP contribution is 2.29. The molecule has 0 aliphatic carbocycles. The van der Waals surface area contributed by atoms with Crippen LogP contribution < -0.4 is 4.74 Å². The van der Waals surface area contributed by atoms with E-state index in [0.717, 1.165) is 18.7 Å². The van der Waals surface area contributed by atoms with E-state index in [0.29, 0.717) is 0 Å². The van der Waals surface area contributed by atoms with Gasteiger partial charge in [0.1, 0.15) is 5.75 Å². The Morgan fingerprint density at radius 2 is 1.14 bits per heavy atom. The van der Waals surface area contributed by atoms with Crippen molar-refractivity contribution in [3.8, 4) is 5.75 Å². The number of hydrogen-bond donors (Lipinski definition) is 0. The molecule has 1 aliphatic heterocycles. The molecule has 0 unspecified atom stereocenters. The molecular weight excluding hydrogens is 454 g/mol. The summed E-state index contributed by atoms with van der Waals surface area (Å²) in [5.41, 5.74) is 4.14. The zero-order chi connectivity index (χ0) is 23.2. The van der Waals surface area contributed by atoms with E-state index in [4.69, 9.17) is 4.74 Å². The minimum Gasteiger partial charge on any atom is -0.497 e. The van der Waals surface area contributed by atoms with Gasteiger partial charge >= 0.3 is 0 Å². The average molecular weight is 492 g/mol. The summed E-state index contributed by atoms with van der Waals surface area (Å²) < 4.78 is 7.77. The summed E-state index contributed by atoms with van der Waals surface area (Å²) in [6, 6.07) is 26.2. The van der Waals surface area contributed by atoms with E-state index < -0.39 is 0 Å². The Kier molecular flexibility index (Phi) is 9.08. The highest BCUT2D eigenvalue weighted by atomic mass is 35.5. The first-order chi connectivity index (χ1) is 16.8. The van der Waals surface area contributed by atoms with Crippen molar-refractivity contribution in [1.82, 2.24) is 14.4 Å². The largest absolute Gasteiger partial charge is 0.497 e. The lowest BCUT2D eigenvalue weighted by atomic mass is 10.1. The third-order valence-electron chi connectivity index (χ3n) is 7.35. The van der Waals surface area contributed by atoms with E-state index >= 15 is 0 Å². The molecule has 5 rings (SSSR count). The van der Waals surface area contributed by atoms with Gasteiger partial charge in [0.15, 0.2) is 0 Å². The number of hydrogen-bond acceptors (Lipinski definition) is 3. The maximum Gasteiger partial charge on any atom is 0.118 e. The van der Waals surface area contributed by atoms with E-state index in [-0.39, 0.29) is 12.4 Å². The molecule has 4 nitrogen and oxygen atoms in total.